The molecule has 0 saturated heterocycles. The maximum atomic E-state index is 12.9. The van der Waals surface area contributed by atoms with Crippen molar-refractivity contribution in [3.63, 3.8) is 0 Å². The minimum absolute atomic E-state index is 0. The lowest BCUT2D eigenvalue weighted by Crippen LogP contribution is -2.28. The molecule has 1 amide bonds. The second kappa shape index (κ2) is 7.95. The van der Waals surface area contributed by atoms with Gasteiger partial charge < -0.3 is 14.8 Å². The van der Waals surface area contributed by atoms with Crippen LogP contribution < -0.4 is 14.8 Å². The first kappa shape index (κ1) is 19.0. The Bertz CT molecular complexity index is 1000. The second-order valence-corrected chi connectivity index (χ2v) is 7.31. The molecule has 0 radical (unpaired) electrons. The Morgan fingerprint density at radius 3 is 2.41 bits per heavy atom. The zero-order valence-corrected chi connectivity index (χ0v) is 16.6. The van der Waals surface area contributed by atoms with Crippen LogP contribution in [0.1, 0.15) is 31.0 Å². The number of rotatable bonds is 7. The zero-order chi connectivity index (χ0) is 20.3. The van der Waals surface area contributed by atoms with E-state index in [0.717, 1.165) is 47.5 Å². The molecule has 0 atom stereocenters. The third-order valence-electron chi connectivity index (χ3n) is 5.48. The van der Waals surface area contributed by atoms with Gasteiger partial charge in [-0.25, -0.2) is 4.98 Å². The van der Waals surface area contributed by atoms with Gasteiger partial charge in [-0.05, 0) is 53.8 Å². The van der Waals surface area contributed by atoms with Gasteiger partial charge in [-0.1, -0.05) is 36.4 Å². The van der Waals surface area contributed by atoms with Gasteiger partial charge in [-0.2, -0.15) is 0 Å². The maximum Gasteiger partial charge on any atom is 0.236 e. The first-order chi connectivity index (χ1) is 14.1. The highest BCUT2D eigenvalue weighted by molar-refractivity contribution is 6.00. The van der Waals surface area contributed by atoms with Crippen LogP contribution in [-0.2, 0) is 16.6 Å². The Hall–Kier alpha value is -3.34. The molecule has 0 spiro atoms. The zero-order valence-electron chi connectivity index (χ0n) is 16.6. The normalized spacial score (nSPS) is 14.1. The number of carbonyl (C=O) groups is 1. The number of nitrogens with zero attached hydrogens (tertiary/aromatic N) is 1. The number of para-hydroxylation sites is 1. The Labute approximate surface area is 172 Å². The van der Waals surface area contributed by atoms with E-state index in [-0.39, 0.29) is 7.33 Å². The lowest BCUT2D eigenvalue weighted by Gasteiger charge is -2.16. The van der Waals surface area contributed by atoms with Gasteiger partial charge in [-0.3, -0.25) is 4.79 Å². The van der Waals surface area contributed by atoms with Crippen LogP contribution in [0.2, 0.25) is 0 Å². The lowest BCUT2D eigenvalue weighted by molar-refractivity contribution is -0.118. The van der Waals surface area contributed by atoms with Crippen LogP contribution in [0.4, 0.5) is 5.82 Å². The van der Waals surface area contributed by atoms with Crippen molar-refractivity contribution in [3.05, 3.63) is 83.6 Å². The number of amides is 1. The molecule has 4 rings (SSSR count). The summed E-state index contributed by atoms with van der Waals surface area (Å²) < 4.78 is 10.6. The van der Waals surface area contributed by atoms with E-state index in [1.54, 1.807) is 20.4 Å². The minimum atomic E-state index is -0.454. The minimum Gasteiger partial charge on any atom is -0.497 e. The van der Waals surface area contributed by atoms with Crippen LogP contribution in [0.25, 0.3) is 0 Å². The highest BCUT2D eigenvalue weighted by atomic mass is 16.5. The highest BCUT2D eigenvalue weighted by Gasteiger charge is 2.51. The fourth-order valence-corrected chi connectivity index (χ4v) is 3.59. The van der Waals surface area contributed by atoms with Crippen molar-refractivity contribution in [2.45, 2.75) is 24.7 Å². The summed E-state index contributed by atoms with van der Waals surface area (Å²) in [7, 11) is 3.31. The molecule has 5 heteroatoms. The molecule has 29 heavy (non-hydrogen) atoms. The van der Waals surface area contributed by atoms with Crippen LogP contribution in [-0.4, -0.2) is 25.1 Å². The van der Waals surface area contributed by atoms with Crippen LogP contribution in [0.5, 0.6) is 11.5 Å². The van der Waals surface area contributed by atoms with E-state index in [1.165, 1.54) is 0 Å². The topological polar surface area (TPSA) is 60.5 Å². The number of hydrogen-bond acceptors (Lipinski definition) is 4. The summed E-state index contributed by atoms with van der Waals surface area (Å²) >= 11 is 0. The third-order valence-corrected chi connectivity index (χ3v) is 5.48. The smallest absolute Gasteiger partial charge is 0.236 e. The molecular weight excluding hydrogens is 364 g/mol. The molecule has 1 aliphatic carbocycles. The van der Waals surface area contributed by atoms with Crippen molar-refractivity contribution < 1.29 is 15.7 Å². The van der Waals surface area contributed by atoms with Crippen LogP contribution >= 0.6 is 0 Å². The number of benzene rings is 2. The fraction of sp³-hybridized carbons (Fsp3) is 0.250. The highest BCUT2D eigenvalue weighted by Crippen LogP contribution is 2.49. The summed E-state index contributed by atoms with van der Waals surface area (Å²) in [4.78, 5) is 17.4. The molecular formula is C24H26N2O3. The molecule has 150 valence electrons. The van der Waals surface area contributed by atoms with Crippen LogP contribution in [0.3, 0.4) is 0 Å². The number of hydrogen-bond donors (Lipinski definition) is 1. The van der Waals surface area contributed by atoms with E-state index in [9.17, 15) is 4.79 Å². The summed E-state index contributed by atoms with van der Waals surface area (Å²) in [5.41, 5.74) is 2.72. The van der Waals surface area contributed by atoms with E-state index in [1.807, 2.05) is 60.7 Å². The summed E-state index contributed by atoms with van der Waals surface area (Å²) in [6.45, 7) is 0. The summed E-state index contributed by atoms with van der Waals surface area (Å²) in [5.74, 6) is 2.21. The lowest BCUT2D eigenvalue weighted by atomic mass is 9.95. The molecule has 1 fully saturated rings. The Balaban J connectivity index is 0.00000256. The summed E-state index contributed by atoms with van der Waals surface area (Å²) in [6.07, 6.45) is 4.21. The van der Waals surface area contributed by atoms with Crippen molar-refractivity contribution in [1.29, 1.82) is 0 Å². The molecule has 0 bridgehead atoms. The standard InChI is InChI=1S/C24H24N2O3.H2/c1-28-20-10-8-19(9-11-20)24(13-14-24)23(27)26-22-12-7-17(16-25-22)15-18-5-3-4-6-21(18)29-2;/h3-12,16H,13-15H2,1-2H3,(H,25,26,27);1H. The second-order valence-electron chi connectivity index (χ2n) is 7.31. The van der Waals surface area contributed by atoms with Gasteiger partial charge in [0, 0.05) is 14.0 Å². The van der Waals surface area contributed by atoms with E-state index < -0.39 is 5.41 Å². The molecule has 5 nitrogen and oxygen atoms in total. The number of aromatic nitrogens is 1. The number of pyridine rings is 1. The molecule has 0 aliphatic heterocycles. The van der Waals surface area contributed by atoms with Crippen molar-refractivity contribution in [3.8, 4) is 11.5 Å². The molecule has 0 unspecified atom stereocenters. The van der Waals surface area contributed by atoms with E-state index >= 15 is 0 Å². The Kier molecular flexibility index (Phi) is 5.21. The van der Waals surface area contributed by atoms with Crippen molar-refractivity contribution in [1.82, 2.24) is 4.98 Å². The predicted octanol–water partition coefficient (Wildman–Crippen LogP) is 4.61. The van der Waals surface area contributed by atoms with Crippen molar-refractivity contribution in [2.75, 3.05) is 19.5 Å². The average molecular weight is 390 g/mol. The molecule has 1 aliphatic rings. The Morgan fingerprint density at radius 2 is 1.79 bits per heavy atom. The van der Waals surface area contributed by atoms with E-state index in [2.05, 4.69) is 10.3 Å². The number of methoxy groups -OCH3 is 2. The number of nitrogens with one attached hydrogen (secondary N) is 1. The van der Waals surface area contributed by atoms with Crippen LogP contribution in [0, 0.1) is 0 Å². The first-order valence-electron chi connectivity index (χ1n) is 9.67. The molecule has 1 heterocycles. The molecule has 1 saturated carbocycles. The fourth-order valence-electron chi connectivity index (χ4n) is 3.59. The van der Waals surface area contributed by atoms with Gasteiger partial charge >= 0.3 is 0 Å². The summed E-state index contributed by atoms with van der Waals surface area (Å²) in [5, 5.41) is 2.98. The summed E-state index contributed by atoms with van der Waals surface area (Å²) in [6, 6.07) is 19.5. The largest absolute Gasteiger partial charge is 0.497 e. The van der Waals surface area contributed by atoms with Crippen molar-refractivity contribution >= 4 is 11.7 Å². The number of carbonyl (C=O) groups excluding carboxylic acids is 1. The van der Waals surface area contributed by atoms with Gasteiger partial charge in [0.2, 0.25) is 5.91 Å². The van der Waals surface area contributed by atoms with Gasteiger partial charge in [0.05, 0.1) is 19.6 Å². The van der Waals surface area contributed by atoms with Crippen LogP contribution in [0.15, 0.2) is 66.9 Å². The molecule has 1 N–H and O–H groups in total. The van der Waals surface area contributed by atoms with Gasteiger partial charge in [0.1, 0.15) is 17.3 Å². The SMILES string of the molecule is COc1ccc(C2(C(=O)Nc3ccc(Cc4ccccc4OC)cn3)CC2)cc1.[HH]. The van der Waals surface area contributed by atoms with Gasteiger partial charge in [0.25, 0.3) is 0 Å². The molecule has 1 aromatic heterocycles. The molecule has 3 aromatic rings. The maximum absolute atomic E-state index is 12.9. The molecule has 2 aromatic carbocycles. The Morgan fingerprint density at radius 1 is 1.03 bits per heavy atom. The predicted molar refractivity (Wildman–Crippen MR) is 115 cm³/mol. The van der Waals surface area contributed by atoms with Gasteiger partial charge in [0.15, 0.2) is 0 Å². The number of ether oxygens (including phenoxy) is 2. The van der Waals surface area contributed by atoms with E-state index in [0.29, 0.717) is 5.82 Å². The quantitative estimate of drug-likeness (QED) is 0.640. The average Bonchev–Trinajstić information content (AvgIpc) is 3.58. The number of anilines is 1. The third kappa shape index (κ3) is 3.94. The van der Waals surface area contributed by atoms with Crippen molar-refractivity contribution in [2.24, 2.45) is 0 Å². The monoisotopic (exact) mass is 390 g/mol. The van der Waals surface area contributed by atoms with E-state index in [4.69, 9.17) is 9.47 Å². The van der Waals surface area contributed by atoms with Gasteiger partial charge in [-0.15, -0.1) is 0 Å². The first-order valence-corrected chi connectivity index (χ1v) is 9.67.